The van der Waals surface area contributed by atoms with Gasteiger partial charge in [-0.15, -0.1) is 0 Å². The maximum atomic E-state index is 12.6. The quantitative estimate of drug-likeness (QED) is 0.877. The van der Waals surface area contributed by atoms with Crippen LogP contribution in [0.1, 0.15) is 56.6 Å². The molecule has 0 bridgehead atoms. The molecule has 2 atom stereocenters. The van der Waals surface area contributed by atoms with E-state index in [0.29, 0.717) is 12.5 Å². The molecule has 128 valence electrons. The highest BCUT2D eigenvalue weighted by molar-refractivity contribution is 5.91. The van der Waals surface area contributed by atoms with E-state index in [2.05, 4.69) is 25.2 Å². The van der Waals surface area contributed by atoms with Gasteiger partial charge in [0.15, 0.2) is 0 Å². The molecule has 1 aliphatic rings. The summed E-state index contributed by atoms with van der Waals surface area (Å²) in [7, 11) is 1.81. The highest BCUT2D eigenvalue weighted by Gasteiger charge is 2.26. The number of rotatable bonds is 4. The lowest BCUT2D eigenvalue weighted by Gasteiger charge is -2.31. The molecule has 4 heteroatoms. The number of amides is 2. The van der Waals surface area contributed by atoms with Crippen LogP contribution in [0.4, 0.5) is 10.5 Å². The second-order valence-corrected chi connectivity index (χ2v) is 7.12. The fourth-order valence-corrected chi connectivity index (χ4v) is 3.38. The standard InChI is InChI=1S/C19H30N2O2/c1-13(2)16-10-7-8-14(3)18(16)20-19(23)21(4)12-15-9-5-6-11-17(15)22/h7-8,10,13,15,17,22H,5-6,9,11-12H2,1-4H3,(H,20,23). The van der Waals surface area contributed by atoms with Crippen molar-refractivity contribution in [3.05, 3.63) is 29.3 Å². The summed E-state index contributed by atoms with van der Waals surface area (Å²) >= 11 is 0. The average molecular weight is 318 g/mol. The number of urea groups is 1. The zero-order chi connectivity index (χ0) is 17.0. The number of nitrogens with zero attached hydrogens (tertiary/aromatic N) is 1. The molecule has 23 heavy (non-hydrogen) atoms. The molecule has 0 radical (unpaired) electrons. The van der Waals surface area contributed by atoms with Crippen molar-refractivity contribution in [2.45, 2.75) is 58.5 Å². The predicted octanol–water partition coefficient (Wildman–Crippen LogP) is 4.13. The minimum absolute atomic E-state index is 0.0982. The zero-order valence-electron chi connectivity index (χ0n) is 14.8. The van der Waals surface area contributed by atoms with Gasteiger partial charge in [0.05, 0.1) is 6.10 Å². The molecule has 1 aromatic carbocycles. The molecule has 0 saturated heterocycles. The Morgan fingerprint density at radius 3 is 2.70 bits per heavy atom. The number of anilines is 1. The van der Waals surface area contributed by atoms with Gasteiger partial charge in [0.2, 0.25) is 0 Å². The van der Waals surface area contributed by atoms with Gasteiger partial charge in [-0.25, -0.2) is 4.79 Å². The molecule has 2 amide bonds. The normalized spacial score (nSPS) is 21.3. The average Bonchev–Trinajstić information content (AvgIpc) is 2.51. The number of benzene rings is 1. The summed E-state index contributed by atoms with van der Waals surface area (Å²) in [5.74, 6) is 0.552. The van der Waals surface area contributed by atoms with E-state index in [1.54, 1.807) is 4.90 Å². The van der Waals surface area contributed by atoms with E-state index >= 15 is 0 Å². The maximum Gasteiger partial charge on any atom is 0.321 e. The minimum Gasteiger partial charge on any atom is -0.393 e. The lowest BCUT2D eigenvalue weighted by molar-refractivity contribution is 0.0575. The van der Waals surface area contributed by atoms with Crippen LogP contribution in [0.5, 0.6) is 0 Å². The van der Waals surface area contributed by atoms with Gasteiger partial charge in [-0.2, -0.15) is 0 Å². The van der Waals surface area contributed by atoms with Crippen LogP contribution in [0, 0.1) is 12.8 Å². The third-order valence-corrected chi connectivity index (χ3v) is 4.88. The van der Waals surface area contributed by atoms with E-state index in [9.17, 15) is 9.90 Å². The number of para-hydroxylation sites is 1. The van der Waals surface area contributed by atoms with E-state index in [1.807, 2.05) is 26.1 Å². The Bertz CT molecular complexity index is 542. The molecule has 1 aromatic rings. The Labute approximate surface area is 139 Å². The lowest BCUT2D eigenvalue weighted by Crippen LogP contribution is -2.40. The lowest BCUT2D eigenvalue weighted by atomic mass is 9.86. The van der Waals surface area contributed by atoms with E-state index < -0.39 is 0 Å². The van der Waals surface area contributed by atoms with Crippen molar-refractivity contribution in [3.63, 3.8) is 0 Å². The molecule has 4 nitrogen and oxygen atoms in total. The first kappa shape index (κ1) is 17.8. The summed E-state index contributed by atoms with van der Waals surface area (Å²) in [4.78, 5) is 14.3. The van der Waals surface area contributed by atoms with E-state index in [-0.39, 0.29) is 18.1 Å². The first-order chi connectivity index (χ1) is 10.9. The SMILES string of the molecule is Cc1cccc(C(C)C)c1NC(=O)N(C)CC1CCCCC1O. The number of aryl methyl sites for hydroxylation is 1. The summed E-state index contributed by atoms with van der Waals surface area (Å²) in [5.41, 5.74) is 3.16. The van der Waals surface area contributed by atoms with Crippen molar-refractivity contribution < 1.29 is 9.90 Å². The first-order valence-electron chi connectivity index (χ1n) is 8.69. The number of hydrogen-bond donors (Lipinski definition) is 2. The van der Waals surface area contributed by atoms with Gasteiger partial charge in [0, 0.05) is 25.2 Å². The van der Waals surface area contributed by atoms with Crippen LogP contribution in [-0.2, 0) is 0 Å². The van der Waals surface area contributed by atoms with Crippen LogP contribution in [-0.4, -0.2) is 35.7 Å². The van der Waals surface area contributed by atoms with Crippen LogP contribution >= 0.6 is 0 Å². The smallest absolute Gasteiger partial charge is 0.321 e. The van der Waals surface area contributed by atoms with Crippen LogP contribution in [0.25, 0.3) is 0 Å². The monoisotopic (exact) mass is 318 g/mol. The Balaban J connectivity index is 2.04. The summed E-state index contributed by atoms with van der Waals surface area (Å²) in [6.45, 7) is 6.89. The molecular formula is C19H30N2O2. The predicted molar refractivity (Wildman–Crippen MR) is 94.9 cm³/mol. The molecule has 0 aliphatic heterocycles. The molecule has 1 aliphatic carbocycles. The second kappa shape index (κ2) is 7.82. The molecule has 2 N–H and O–H groups in total. The van der Waals surface area contributed by atoms with Gasteiger partial charge in [-0.05, 0) is 36.8 Å². The van der Waals surface area contributed by atoms with Gasteiger partial charge >= 0.3 is 6.03 Å². The van der Waals surface area contributed by atoms with E-state index in [1.165, 1.54) is 0 Å². The third kappa shape index (κ3) is 4.47. The molecule has 0 spiro atoms. The molecule has 1 fully saturated rings. The Hall–Kier alpha value is -1.55. The largest absolute Gasteiger partial charge is 0.393 e. The van der Waals surface area contributed by atoms with Gasteiger partial charge in [0.1, 0.15) is 0 Å². The molecule has 0 aromatic heterocycles. The third-order valence-electron chi connectivity index (χ3n) is 4.88. The van der Waals surface area contributed by atoms with Crippen molar-refractivity contribution in [2.24, 2.45) is 5.92 Å². The van der Waals surface area contributed by atoms with Crippen LogP contribution in [0.15, 0.2) is 18.2 Å². The number of aliphatic hydroxyl groups is 1. The summed E-state index contributed by atoms with van der Waals surface area (Å²) in [6, 6.07) is 6.02. The molecular weight excluding hydrogens is 288 g/mol. The highest BCUT2D eigenvalue weighted by Crippen LogP contribution is 2.28. The van der Waals surface area contributed by atoms with Crippen molar-refractivity contribution >= 4 is 11.7 Å². The molecule has 1 saturated carbocycles. The highest BCUT2D eigenvalue weighted by atomic mass is 16.3. The Morgan fingerprint density at radius 1 is 1.35 bits per heavy atom. The van der Waals surface area contributed by atoms with Crippen molar-refractivity contribution in [1.82, 2.24) is 4.90 Å². The Morgan fingerprint density at radius 2 is 2.04 bits per heavy atom. The maximum absolute atomic E-state index is 12.6. The van der Waals surface area contributed by atoms with Crippen molar-refractivity contribution in [1.29, 1.82) is 0 Å². The van der Waals surface area contributed by atoms with Gasteiger partial charge in [-0.1, -0.05) is 44.9 Å². The molecule has 2 unspecified atom stereocenters. The van der Waals surface area contributed by atoms with Crippen LogP contribution in [0.2, 0.25) is 0 Å². The summed E-state index contributed by atoms with van der Waals surface area (Å²) in [5, 5.41) is 13.2. The van der Waals surface area contributed by atoms with E-state index in [0.717, 1.165) is 42.5 Å². The topological polar surface area (TPSA) is 52.6 Å². The van der Waals surface area contributed by atoms with Crippen LogP contribution in [0.3, 0.4) is 0 Å². The minimum atomic E-state index is -0.274. The Kier molecular flexibility index (Phi) is 6.05. The summed E-state index contributed by atoms with van der Waals surface area (Å²) < 4.78 is 0. The molecule has 2 rings (SSSR count). The van der Waals surface area contributed by atoms with Crippen molar-refractivity contribution in [2.75, 3.05) is 18.9 Å². The van der Waals surface area contributed by atoms with Gasteiger partial charge in [-0.3, -0.25) is 0 Å². The number of carbonyl (C=O) groups excluding carboxylic acids is 1. The number of hydrogen-bond acceptors (Lipinski definition) is 2. The fraction of sp³-hybridized carbons (Fsp3) is 0.632. The van der Waals surface area contributed by atoms with Crippen LogP contribution < -0.4 is 5.32 Å². The number of carbonyl (C=O) groups is 1. The second-order valence-electron chi connectivity index (χ2n) is 7.12. The fourth-order valence-electron chi connectivity index (χ4n) is 3.38. The van der Waals surface area contributed by atoms with Crippen molar-refractivity contribution in [3.8, 4) is 0 Å². The van der Waals surface area contributed by atoms with E-state index in [4.69, 9.17) is 0 Å². The van der Waals surface area contributed by atoms with Gasteiger partial charge in [0.25, 0.3) is 0 Å². The zero-order valence-corrected chi connectivity index (χ0v) is 14.8. The number of nitrogens with one attached hydrogen (secondary N) is 1. The number of aliphatic hydroxyl groups excluding tert-OH is 1. The summed E-state index contributed by atoms with van der Waals surface area (Å²) in [6.07, 6.45) is 3.82. The molecule has 0 heterocycles. The first-order valence-corrected chi connectivity index (χ1v) is 8.69. The van der Waals surface area contributed by atoms with Gasteiger partial charge < -0.3 is 15.3 Å².